The second-order valence-corrected chi connectivity index (χ2v) is 9.46. The van der Waals surface area contributed by atoms with Gasteiger partial charge in [-0.3, -0.25) is 14.1 Å². The Morgan fingerprint density at radius 1 is 1.11 bits per heavy atom. The molecule has 0 saturated carbocycles. The third-order valence-electron chi connectivity index (χ3n) is 6.62. The van der Waals surface area contributed by atoms with Crippen LogP contribution < -0.4 is 5.69 Å². The molecule has 192 valence electrons. The van der Waals surface area contributed by atoms with Crippen LogP contribution in [0.3, 0.4) is 0 Å². The van der Waals surface area contributed by atoms with Crippen molar-refractivity contribution in [2.75, 3.05) is 0 Å². The van der Waals surface area contributed by atoms with Gasteiger partial charge in [-0.2, -0.15) is 5.26 Å². The first-order valence-corrected chi connectivity index (χ1v) is 12.7. The van der Waals surface area contributed by atoms with Gasteiger partial charge in [0.25, 0.3) is 0 Å². The van der Waals surface area contributed by atoms with Crippen LogP contribution in [0, 0.1) is 11.3 Å². The molecule has 4 heterocycles. The van der Waals surface area contributed by atoms with Crippen LogP contribution in [-0.4, -0.2) is 39.3 Å². The number of aromatic amines is 1. The molecule has 1 N–H and O–H groups in total. The minimum Gasteiger partial charge on any atom is -0.330 e. The van der Waals surface area contributed by atoms with E-state index >= 15 is 0 Å². The molecule has 0 aliphatic carbocycles. The maximum atomic E-state index is 13.7. The summed E-state index contributed by atoms with van der Waals surface area (Å²) in [5.74, 6) is 1.19. The molecule has 1 aromatic carbocycles. The zero-order chi connectivity index (χ0) is 26.6. The molecule has 10 heteroatoms. The fourth-order valence-corrected chi connectivity index (χ4v) is 4.66. The smallest absolute Gasteiger partial charge is 0.330 e. The number of imidazole rings is 1. The van der Waals surface area contributed by atoms with E-state index in [4.69, 9.17) is 4.98 Å². The first-order chi connectivity index (χ1) is 18.5. The van der Waals surface area contributed by atoms with Crippen LogP contribution in [0.25, 0.3) is 28.3 Å². The average molecular weight is 508 g/mol. The Hall–Kier alpha value is -4.78. The molecule has 0 aliphatic heterocycles. The Morgan fingerprint density at radius 3 is 2.58 bits per heavy atom. The van der Waals surface area contributed by atoms with Gasteiger partial charge in [-0.05, 0) is 54.8 Å². The molecule has 0 unspecified atom stereocenters. The average Bonchev–Trinajstić information content (AvgIpc) is 3.68. The standard InChI is InChI=1S/C28H29N9O/c1-4-5-8-23-18-37(27-20(15-29)13-14-35(27)19(2)3)28(38)36(23)17-22-12-11-21(16-30-22)24-9-6-7-10-25(24)26-31-33-34-32-26/h6-7,9-14,16,18-19H,4-5,8,17H2,1-3H3,(H,31,32,33,34). The Balaban J connectivity index is 1.51. The predicted octanol–water partition coefficient (Wildman–Crippen LogP) is 4.53. The zero-order valence-electron chi connectivity index (χ0n) is 21.7. The van der Waals surface area contributed by atoms with E-state index in [1.807, 2.05) is 73.4 Å². The van der Waals surface area contributed by atoms with Gasteiger partial charge in [-0.15, -0.1) is 5.10 Å². The SMILES string of the molecule is CCCCc1cn(-c2c(C#N)ccn2C(C)C)c(=O)n1Cc1ccc(-c2ccccc2-c2nnn[nH]2)cn1. The van der Waals surface area contributed by atoms with E-state index in [2.05, 4.69) is 33.6 Å². The number of tetrazole rings is 1. The number of nitrogens with zero attached hydrogens (tertiary/aromatic N) is 8. The van der Waals surface area contributed by atoms with E-state index in [-0.39, 0.29) is 11.7 Å². The molecule has 0 aliphatic rings. The third kappa shape index (κ3) is 4.66. The summed E-state index contributed by atoms with van der Waals surface area (Å²) in [5.41, 5.74) is 4.74. The summed E-state index contributed by atoms with van der Waals surface area (Å²) < 4.78 is 5.34. The van der Waals surface area contributed by atoms with E-state index in [1.165, 1.54) is 0 Å². The topological polar surface area (TPSA) is 123 Å². The van der Waals surface area contributed by atoms with Crippen molar-refractivity contribution in [1.82, 2.24) is 39.3 Å². The summed E-state index contributed by atoms with van der Waals surface area (Å²) in [7, 11) is 0. The van der Waals surface area contributed by atoms with Gasteiger partial charge in [-0.1, -0.05) is 43.7 Å². The Morgan fingerprint density at radius 2 is 1.92 bits per heavy atom. The molecular weight excluding hydrogens is 478 g/mol. The lowest BCUT2D eigenvalue weighted by Crippen LogP contribution is -2.27. The van der Waals surface area contributed by atoms with E-state index in [0.29, 0.717) is 23.8 Å². The molecule has 0 amide bonds. The lowest BCUT2D eigenvalue weighted by molar-refractivity contribution is 0.582. The van der Waals surface area contributed by atoms with Crippen LogP contribution in [0.2, 0.25) is 0 Å². The fraction of sp³-hybridized carbons (Fsp3) is 0.286. The van der Waals surface area contributed by atoms with Crippen LogP contribution in [-0.2, 0) is 13.0 Å². The normalized spacial score (nSPS) is 11.2. The monoisotopic (exact) mass is 507 g/mol. The number of hydrogen-bond donors (Lipinski definition) is 1. The van der Waals surface area contributed by atoms with Crippen LogP contribution >= 0.6 is 0 Å². The summed E-state index contributed by atoms with van der Waals surface area (Å²) in [6.07, 6.45) is 8.28. The number of pyridine rings is 1. The van der Waals surface area contributed by atoms with Gasteiger partial charge in [-0.25, -0.2) is 9.89 Å². The molecule has 4 aromatic heterocycles. The highest BCUT2D eigenvalue weighted by molar-refractivity contribution is 5.79. The second-order valence-electron chi connectivity index (χ2n) is 9.46. The van der Waals surface area contributed by atoms with Crippen molar-refractivity contribution in [3.8, 4) is 34.4 Å². The summed E-state index contributed by atoms with van der Waals surface area (Å²) in [5, 5.41) is 23.9. The first kappa shape index (κ1) is 24.9. The van der Waals surface area contributed by atoms with Crippen molar-refractivity contribution in [2.24, 2.45) is 0 Å². The number of rotatable bonds is 9. The molecule has 10 nitrogen and oxygen atoms in total. The Kier molecular flexibility index (Phi) is 7.00. The highest BCUT2D eigenvalue weighted by atomic mass is 16.1. The van der Waals surface area contributed by atoms with Crippen molar-refractivity contribution in [1.29, 1.82) is 5.26 Å². The molecule has 5 rings (SSSR count). The van der Waals surface area contributed by atoms with Gasteiger partial charge in [0.2, 0.25) is 0 Å². The molecule has 0 saturated heterocycles. The third-order valence-corrected chi connectivity index (χ3v) is 6.62. The van der Waals surface area contributed by atoms with Crippen molar-refractivity contribution >= 4 is 0 Å². The predicted molar refractivity (Wildman–Crippen MR) is 144 cm³/mol. The molecule has 0 fully saturated rings. The number of nitrogens with one attached hydrogen (secondary N) is 1. The van der Waals surface area contributed by atoms with Crippen LogP contribution in [0.5, 0.6) is 0 Å². The van der Waals surface area contributed by atoms with Crippen molar-refractivity contribution in [3.63, 3.8) is 0 Å². The quantitative estimate of drug-likeness (QED) is 0.313. The molecule has 0 atom stereocenters. The van der Waals surface area contributed by atoms with Gasteiger partial charge < -0.3 is 4.57 Å². The number of H-pyrrole nitrogens is 1. The van der Waals surface area contributed by atoms with Crippen molar-refractivity contribution in [3.05, 3.63) is 88.5 Å². The number of aromatic nitrogens is 8. The van der Waals surface area contributed by atoms with Crippen LogP contribution in [0.4, 0.5) is 0 Å². The largest absolute Gasteiger partial charge is 0.334 e. The lowest BCUT2D eigenvalue weighted by Gasteiger charge is -2.13. The molecular formula is C28H29N9O. The summed E-state index contributed by atoms with van der Waals surface area (Å²) in [6, 6.07) is 15.9. The highest BCUT2D eigenvalue weighted by Gasteiger charge is 2.20. The van der Waals surface area contributed by atoms with Crippen molar-refractivity contribution in [2.45, 2.75) is 52.6 Å². The number of benzene rings is 1. The summed E-state index contributed by atoms with van der Waals surface area (Å²) >= 11 is 0. The number of unbranched alkanes of at least 4 members (excludes halogenated alkanes) is 1. The van der Waals surface area contributed by atoms with Gasteiger partial charge in [0.05, 0.1) is 17.8 Å². The minimum absolute atomic E-state index is 0.103. The van der Waals surface area contributed by atoms with Gasteiger partial charge in [0.1, 0.15) is 11.9 Å². The fourth-order valence-electron chi connectivity index (χ4n) is 4.66. The van der Waals surface area contributed by atoms with Crippen molar-refractivity contribution < 1.29 is 0 Å². The Labute approximate surface area is 220 Å². The van der Waals surface area contributed by atoms with Crippen LogP contribution in [0.1, 0.15) is 56.6 Å². The van der Waals surface area contributed by atoms with E-state index in [1.54, 1.807) is 15.2 Å². The summed E-state index contributed by atoms with van der Waals surface area (Å²) in [4.78, 5) is 18.4. The molecule has 0 spiro atoms. The van der Waals surface area contributed by atoms with E-state index in [0.717, 1.165) is 47.3 Å². The maximum Gasteiger partial charge on any atom is 0.334 e. The van der Waals surface area contributed by atoms with Gasteiger partial charge >= 0.3 is 5.69 Å². The molecule has 0 radical (unpaired) electrons. The highest BCUT2D eigenvalue weighted by Crippen LogP contribution is 2.29. The summed E-state index contributed by atoms with van der Waals surface area (Å²) in [6.45, 7) is 6.54. The molecule has 0 bridgehead atoms. The minimum atomic E-state index is -0.178. The van der Waals surface area contributed by atoms with E-state index in [9.17, 15) is 10.1 Å². The maximum absolute atomic E-state index is 13.7. The second kappa shape index (κ2) is 10.7. The first-order valence-electron chi connectivity index (χ1n) is 12.7. The molecule has 5 aromatic rings. The number of aryl methyl sites for hydroxylation is 1. The van der Waals surface area contributed by atoms with Crippen LogP contribution in [0.15, 0.2) is 65.8 Å². The number of hydrogen-bond acceptors (Lipinski definition) is 6. The lowest BCUT2D eigenvalue weighted by atomic mass is 10.0. The molecule has 38 heavy (non-hydrogen) atoms. The number of nitriles is 1. The van der Waals surface area contributed by atoms with Gasteiger partial charge in [0.15, 0.2) is 5.82 Å². The van der Waals surface area contributed by atoms with E-state index < -0.39 is 0 Å². The zero-order valence-corrected chi connectivity index (χ0v) is 21.7. The van der Waals surface area contributed by atoms with Gasteiger partial charge in [0, 0.05) is 41.5 Å². The Bertz CT molecular complexity index is 1630.